The van der Waals surface area contributed by atoms with Crippen molar-refractivity contribution in [3.8, 4) is 0 Å². The van der Waals surface area contributed by atoms with Gasteiger partial charge in [0, 0.05) is 0 Å². The van der Waals surface area contributed by atoms with Crippen molar-refractivity contribution in [2.45, 2.75) is 6.92 Å². The highest BCUT2D eigenvalue weighted by Crippen LogP contribution is 2.27. The summed E-state index contributed by atoms with van der Waals surface area (Å²) in [6.07, 6.45) is 0. The van der Waals surface area contributed by atoms with Crippen LogP contribution in [-0.2, 0) is 14.8 Å². The fourth-order valence-electron chi connectivity index (χ4n) is 1.65. The van der Waals surface area contributed by atoms with Crippen molar-refractivity contribution in [1.82, 2.24) is 0 Å². The molecule has 0 N–H and O–H groups in total. The van der Waals surface area contributed by atoms with Gasteiger partial charge in [-0.2, -0.15) is 0 Å². The number of rotatable bonds is 1. The minimum atomic E-state index is -3.45. The van der Waals surface area contributed by atoms with Gasteiger partial charge in [-0.05, 0) is 12.1 Å². The summed E-state index contributed by atoms with van der Waals surface area (Å²) in [6.45, 7) is 1.63. The third-order valence-electron chi connectivity index (χ3n) is 2.35. The molecule has 0 radical (unpaired) electrons. The first-order chi connectivity index (χ1) is 7.02. The van der Waals surface area contributed by atoms with Crippen molar-refractivity contribution in [3.05, 3.63) is 30.3 Å². The second kappa shape index (κ2) is 3.34. The van der Waals surface area contributed by atoms with Gasteiger partial charge in [0.25, 0.3) is 0 Å². The molecular formula is C10H11NO3S. The first-order valence-electron chi connectivity index (χ1n) is 4.64. The molecule has 1 saturated heterocycles. The van der Waals surface area contributed by atoms with Crippen LogP contribution in [-0.4, -0.2) is 20.1 Å². The summed E-state index contributed by atoms with van der Waals surface area (Å²) in [5, 5.41) is 0. The summed E-state index contributed by atoms with van der Waals surface area (Å²) >= 11 is 0. The quantitative estimate of drug-likeness (QED) is 0.716. The van der Waals surface area contributed by atoms with Crippen molar-refractivity contribution < 1.29 is 13.2 Å². The van der Waals surface area contributed by atoms with E-state index in [4.69, 9.17) is 0 Å². The number of carbonyl (C=O) groups is 1. The highest BCUT2D eigenvalue weighted by Gasteiger charge is 2.41. The largest absolute Gasteiger partial charge is 0.273 e. The lowest BCUT2D eigenvalue weighted by Crippen LogP contribution is -2.30. The molecule has 1 aromatic carbocycles. The van der Waals surface area contributed by atoms with Crippen molar-refractivity contribution in [2.75, 3.05) is 10.1 Å². The van der Waals surface area contributed by atoms with Crippen LogP contribution in [0.1, 0.15) is 6.92 Å². The first-order valence-corrected chi connectivity index (χ1v) is 6.25. The molecule has 1 aromatic rings. The van der Waals surface area contributed by atoms with Crippen molar-refractivity contribution in [2.24, 2.45) is 5.92 Å². The van der Waals surface area contributed by atoms with E-state index in [1.54, 1.807) is 37.3 Å². The number of benzene rings is 1. The Labute approximate surface area is 88.6 Å². The Bertz CT molecular complexity index is 481. The maximum Gasteiger partial charge on any atom is 0.244 e. The van der Waals surface area contributed by atoms with Gasteiger partial charge in [0.15, 0.2) is 0 Å². The minimum Gasteiger partial charge on any atom is -0.273 e. The Hall–Kier alpha value is -1.36. The van der Waals surface area contributed by atoms with E-state index in [1.165, 1.54) is 0 Å². The second-order valence-corrected chi connectivity index (χ2v) is 5.48. The molecule has 80 valence electrons. The van der Waals surface area contributed by atoms with E-state index < -0.39 is 15.9 Å². The number of hydrogen-bond donors (Lipinski definition) is 0. The van der Waals surface area contributed by atoms with Gasteiger partial charge in [-0.15, -0.1) is 0 Å². The van der Waals surface area contributed by atoms with Crippen LogP contribution in [0.5, 0.6) is 0 Å². The Morgan fingerprint density at radius 2 is 1.87 bits per heavy atom. The molecule has 1 unspecified atom stereocenters. The summed E-state index contributed by atoms with van der Waals surface area (Å²) in [4.78, 5) is 11.7. The lowest BCUT2D eigenvalue weighted by molar-refractivity contribution is -0.119. The maximum atomic E-state index is 11.7. The Morgan fingerprint density at radius 1 is 1.27 bits per heavy atom. The van der Waals surface area contributed by atoms with Gasteiger partial charge in [0.05, 0.1) is 17.4 Å². The number of anilines is 1. The maximum absolute atomic E-state index is 11.7. The zero-order valence-electron chi connectivity index (χ0n) is 8.25. The monoisotopic (exact) mass is 225 g/mol. The number of nitrogens with zero attached hydrogens (tertiary/aromatic N) is 1. The van der Waals surface area contributed by atoms with Crippen LogP contribution in [0.25, 0.3) is 0 Å². The van der Waals surface area contributed by atoms with Crippen LogP contribution in [0, 0.1) is 5.92 Å². The Balaban J connectivity index is 2.50. The molecule has 0 aromatic heterocycles. The van der Waals surface area contributed by atoms with Crippen LogP contribution < -0.4 is 4.31 Å². The highest BCUT2D eigenvalue weighted by atomic mass is 32.2. The van der Waals surface area contributed by atoms with Crippen LogP contribution in [0.15, 0.2) is 30.3 Å². The van der Waals surface area contributed by atoms with E-state index in [0.717, 1.165) is 4.31 Å². The summed E-state index contributed by atoms with van der Waals surface area (Å²) < 4.78 is 24.3. The third-order valence-corrected chi connectivity index (χ3v) is 4.22. The number of amides is 1. The molecule has 1 aliphatic rings. The van der Waals surface area contributed by atoms with Crippen molar-refractivity contribution in [3.63, 3.8) is 0 Å². The van der Waals surface area contributed by atoms with E-state index in [0.29, 0.717) is 5.69 Å². The fourth-order valence-corrected chi connectivity index (χ4v) is 3.47. The molecule has 2 rings (SSSR count). The summed E-state index contributed by atoms with van der Waals surface area (Å²) in [5.41, 5.74) is 0.423. The molecule has 1 aliphatic heterocycles. The van der Waals surface area contributed by atoms with E-state index in [-0.39, 0.29) is 11.7 Å². The lowest BCUT2D eigenvalue weighted by atomic mass is 10.2. The molecule has 15 heavy (non-hydrogen) atoms. The average Bonchev–Trinajstić information content (AvgIpc) is 2.37. The normalized spacial score (nSPS) is 24.5. The Morgan fingerprint density at radius 3 is 2.33 bits per heavy atom. The molecule has 4 nitrogen and oxygen atoms in total. The molecule has 0 saturated carbocycles. The predicted octanol–water partition coefficient (Wildman–Crippen LogP) is 0.999. The topological polar surface area (TPSA) is 54.5 Å². The number of hydrogen-bond acceptors (Lipinski definition) is 3. The lowest BCUT2D eigenvalue weighted by Gasteiger charge is -2.14. The zero-order chi connectivity index (χ0) is 11.1. The first kappa shape index (κ1) is 10.2. The highest BCUT2D eigenvalue weighted by molar-refractivity contribution is 7.94. The van der Waals surface area contributed by atoms with Gasteiger partial charge in [-0.3, -0.25) is 4.79 Å². The summed E-state index contributed by atoms with van der Waals surface area (Å²) in [6, 6.07) is 8.43. The van der Waals surface area contributed by atoms with Crippen LogP contribution in [0.4, 0.5) is 5.69 Å². The fraction of sp³-hybridized carbons (Fsp3) is 0.300. The van der Waals surface area contributed by atoms with Gasteiger partial charge in [-0.25, -0.2) is 12.7 Å². The summed E-state index contributed by atoms with van der Waals surface area (Å²) in [7, 11) is -3.45. The van der Waals surface area contributed by atoms with Gasteiger partial charge < -0.3 is 0 Å². The van der Waals surface area contributed by atoms with Crippen LogP contribution in [0.3, 0.4) is 0 Å². The molecule has 0 spiro atoms. The van der Waals surface area contributed by atoms with Gasteiger partial charge in [0.2, 0.25) is 15.9 Å². The van der Waals surface area contributed by atoms with E-state index >= 15 is 0 Å². The molecule has 0 aliphatic carbocycles. The molecule has 5 heteroatoms. The smallest absolute Gasteiger partial charge is 0.244 e. The van der Waals surface area contributed by atoms with Crippen LogP contribution >= 0.6 is 0 Å². The van der Waals surface area contributed by atoms with Crippen molar-refractivity contribution in [1.29, 1.82) is 0 Å². The predicted molar refractivity (Wildman–Crippen MR) is 56.9 cm³/mol. The molecule has 1 amide bonds. The minimum absolute atomic E-state index is 0.0965. The molecule has 1 heterocycles. The standard InChI is InChI=1S/C10H11NO3S/c1-8-7-15(13,14)11(10(8)12)9-5-3-2-4-6-9/h2-6,8H,7H2,1H3. The van der Waals surface area contributed by atoms with E-state index in [1.807, 2.05) is 0 Å². The SMILES string of the molecule is CC1CS(=O)(=O)N(c2ccccc2)C1=O. The molecule has 0 bridgehead atoms. The van der Waals surface area contributed by atoms with Gasteiger partial charge in [-0.1, -0.05) is 25.1 Å². The third kappa shape index (κ3) is 1.63. The van der Waals surface area contributed by atoms with Crippen molar-refractivity contribution >= 4 is 21.6 Å². The van der Waals surface area contributed by atoms with Crippen LogP contribution in [0.2, 0.25) is 0 Å². The molecule has 1 atom stereocenters. The summed E-state index contributed by atoms with van der Waals surface area (Å²) in [5.74, 6) is -0.891. The number of para-hydroxylation sites is 1. The molecule has 1 fully saturated rings. The van der Waals surface area contributed by atoms with E-state index in [2.05, 4.69) is 0 Å². The number of sulfonamides is 1. The second-order valence-electron chi connectivity index (χ2n) is 3.62. The number of carbonyl (C=O) groups excluding carboxylic acids is 1. The molecular weight excluding hydrogens is 214 g/mol. The van der Waals surface area contributed by atoms with Gasteiger partial charge in [0.1, 0.15) is 0 Å². The zero-order valence-corrected chi connectivity index (χ0v) is 9.07. The van der Waals surface area contributed by atoms with E-state index in [9.17, 15) is 13.2 Å². The Kier molecular flexibility index (Phi) is 2.26. The van der Waals surface area contributed by atoms with Gasteiger partial charge >= 0.3 is 0 Å². The average molecular weight is 225 g/mol.